The molecule has 4 N–H and O–H groups in total. The Hall–Kier alpha value is -1.75. The zero-order valence-corrected chi connectivity index (χ0v) is 12.8. The molecule has 1 aliphatic rings. The van der Waals surface area contributed by atoms with Crippen LogP contribution in [0.15, 0.2) is 18.2 Å². The molecule has 1 saturated carbocycles. The molecule has 21 heavy (non-hydrogen) atoms. The lowest BCUT2D eigenvalue weighted by Crippen LogP contribution is -2.30. The Labute approximate surface area is 126 Å². The molecule has 5 nitrogen and oxygen atoms in total. The Balaban J connectivity index is 2.05. The van der Waals surface area contributed by atoms with Crippen molar-refractivity contribution < 1.29 is 9.90 Å². The second kappa shape index (κ2) is 6.80. The van der Waals surface area contributed by atoms with E-state index in [1.54, 1.807) is 37.2 Å². The molecule has 1 amide bonds. The van der Waals surface area contributed by atoms with Crippen LogP contribution in [0.2, 0.25) is 0 Å². The maximum Gasteiger partial charge on any atom is 0.253 e. The average Bonchev–Trinajstić information content (AvgIpc) is 2.47. The Morgan fingerprint density at radius 3 is 2.76 bits per heavy atom. The van der Waals surface area contributed by atoms with Crippen molar-refractivity contribution in [3.05, 3.63) is 23.8 Å². The number of benzene rings is 1. The summed E-state index contributed by atoms with van der Waals surface area (Å²) in [5.41, 5.74) is 7.96. The van der Waals surface area contributed by atoms with Gasteiger partial charge in [-0.1, -0.05) is 12.8 Å². The molecule has 116 valence electrons. The fourth-order valence-corrected chi connectivity index (χ4v) is 2.77. The van der Waals surface area contributed by atoms with Gasteiger partial charge in [0.1, 0.15) is 0 Å². The third-order valence-electron chi connectivity index (χ3n) is 4.13. The predicted octanol–water partition coefficient (Wildman–Crippen LogP) is 1.93. The van der Waals surface area contributed by atoms with Gasteiger partial charge in [0.15, 0.2) is 0 Å². The van der Waals surface area contributed by atoms with Gasteiger partial charge in [-0.05, 0) is 31.0 Å². The number of nitrogens with zero attached hydrogens (tertiary/aromatic N) is 1. The monoisotopic (exact) mass is 291 g/mol. The lowest BCUT2D eigenvalue weighted by molar-refractivity contribution is 0.0763. The summed E-state index contributed by atoms with van der Waals surface area (Å²) >= 11 is 0. The summed E-state index contributed by atoms with van der Waals surface area (Å²) in [6, 6.07) is 5.27. The number of nitrogen functional groups attached to an aromatic ring is 1. The van der Waals surface area contributed by atoms with Crippen LogP contribution < -0.4 is 11.1 Å². The zero-order chi connectivity index (χ0) is 15.4. The molecular formula is C16H25N3O2. The first kappa shape index (κ1) is 15.6. The van der Waals surface area contributed by atoms with E-state index in [1.807, 2.05) is 0 Å². The predicted molar refractivity (Wildman–Crippen MR) is 85.3 cm³/mol. The van der Waals surface area contributed by atoms with Gasteiger partial charge in [0, 0.05) is 32.1 Å². The molecule has 0 radical (unpaired) electrons. The summed E-state index contributed by atoms with van der Waals surface area (Å²) in [7, 11) is 3.45. The molecule has 1 fully saturated rings. The van der Waals surface area contributed by atoms with Gasteiger partial charge >= 0.3 is 0 Å². The highest BCUT2D eigenvalue weighted by atomic mass is 16.3. The lowest BCUT2D eigenvalue weighted by Gasteiger charge is -2.28. The van der Waals surface area contributed by atoms with Crippen molar-refractivity contribution in [3.8, 4) is 0 Å². The zero-order valence-electron chi connectivity index (χ0n) is 12.8. The van der Waals surface area contributed by atoms with Crippen LogP contribution in [0, 0.1) is 5.92 Å². The Morgan fingerprint density at radius 2 is 2.10 bits per heavy atom. The van der Waals surface area contributed by atoms with Crippen LogP contribution in [0.5, 0.6) is 0 Å². The van der Waals surface area contributed by atoms with Crippen LogP contribution in [0.3, 0.4) is 0 Å². The molecule has 1 aromatic rings. The number of anilines is 2. The molecule has 2 unspecified atom stereocenters. The Kier molecular flexibility index (Phi) is 5.07. The van der Waals surface area contributed by atoms with Gasteiger partial charge in [-0.2, -0.15) is 0 Å². The van der Waals surface area contributed by atoms with Crippen LogP contribution >= 0.6 is 0 Å². The van der Waals surface area contributed by atoms with Gasteiger partial charge in [-0.15, -0.1) is 0 Å². The molecule has 5 heteroatoms. The Morgan fingerprint density at radius 1 is 1.38 bits per heavy atom. The van der Waals surface area contributed by atoms with Gasteiger partial charge in [-0.25, -0.2) is 0 Å². The van der Waals surface area contributed by atoms with E-state index in [2.05, 4.69) is 5.32 Å². The number of hydrogen-bond acceptors (Lipinski definition) is 4. The maximum atomic E-state index is 12.0. The molecule has 1 aliphatic carbocycles. The molecule has 0 heterocycles. The van der Waals surface area contributed by atoms with E-state index >= 15 is 0 Å². The maximum absolute atomic E-state index is 12.0. The van der Waals surface area contributed by atoms with Crippen LogP contribution in [0.25, 0.3) is 0 Å². The normalized spacial score (nSPS) is 21.9. The summed E-state index contributed by atoms with van der Waals surface area (Å²) in [4.78, 5) is 13.5. The van der Waals surface area contributed by atoms with Gasteiger partial charge in [0.25, 0.3) is 5.91 Å². The van der Waals surface area contributed by atoms with Crippen molar-refractivity contribution >= 4 is 17.3 Å². The summed E-state index contributed by atoms with van der Waals surface area (Å²) in [6.45, 7) is 0.685. The van der Waals surface area contributed by atoms with Crippen molar-refractivity contribution in [3.63, 3.8) is 0 Å². The average molecular weight is 291 g/mol. The van der Waals surface area contributed by atoms with Crippen molar-refractivity contribution in [2.24, 2.45) is 5.92 Å². The third-order valence-corrected chi connectivity index (χ3v) is 4.13. The van der Waals surface area contributed by atoms with Gasteiger partial charge < -0.3 is 21.1 Å². The van der Waals surface area contributed by atoms with Crippen LogP contribution in [-0.2, 0) is 0 Å². The van der Waals surface area contributed by atoms with E-state index in [0.717, 1.165) is 31.4 Å². The molecule has 0 saturated heterocycles. The molecule has 0 bridgehead atoms. The van der Waals surface area contributed by atoms with Crippen LogP contribution in [-0.4, -0.2) is 42.7 Å². The molecule has 0 aliphatic heterocycles. The minimum absolute atomic E-state index is 0.0456. The van der Waals surface area contributed by atoms with E-state index in [9.17, 15) is 9.90 Å². The Bertz CT molecular complexity index is 502. The molecule has 0 spiro atoms. The highest BCUT2D eigenvalue weighted by molar-refractivity contribution is 5.95. The second-order valence-corrected chi connectivity index (χ2v) is 5.99. The van der Waals surface area contributed by atoms with Crippen LogP contribution in [0.1, 0.15) is 36.0 Å². The first-order valence-corrected chi connectivity index (χ1v) is 7.52. The SMILES string of the molecule is CN(C)C(=O)c1ccc(N)c(NCC2CCCCC2O)c1. The second-order valence-electron chi connectivity index (χ2n) is 5.99. The molecule has 0 aromatic heterocycles. The number of rotatable bonds is 4. The number of aliphatic hydroxyl groups is 1. The first-order chi connectivity index (χ1) is 9.99. The highest BCUT2D eigenvalue weighted by Crippen LogP contribution is 2.26. The van der Waals surface area contributed by atoms with Crippen molar-refractivity contribution in [2.75, 3.05) is 31.7 Å². The molecule has 2 rings (SSSR count). The largest absolute Gasteiger partial charge is 0.397 e. The summed E-state index contributed by atoms with van der Waals surface area (Å²) in [5.74, 6) is 0.210. The fourth-order valence-electron chi connectivity index (χ4n) is 2.77. The minimum atomic E-state index is -0.237. The summed E-state index contributed by atoms with van der Waals surface area (Å²) < 4.78 is 0. The number of aliphatic hydroxyl groups excluding tert-OH is 1. The topological polar surface area (TPSA) is 78.6 Å². The van der Waals surface area contributed by atoms with Crippen molar-refractivity contribution in [1.29, 1.82) is 0 Å². The van der Waals surface area contributed by atoms with E-state index < -0.39 is 0 Å². The number of carbonyl (C=O) groups excluding carboxylic acids is 1. The first-order valence-electron chi connectivity index (χ1n) is 7.52. The standard InChI is InChI=1S/C16H25N3O2/c1-19(2)16(21)11-7-8-13(17)14(9-11)18-10-12-5-3-4-6-15(12)20/h7-9,12,15,18,20H,3-6,10,17H2,1-2H3. The minimum Gasteiger partial charge on any atom is -0.397 e. The molecular weight excluding hydrogens is 266 g/mol. The summed E-state index contributed by atoms with van der Waals surface area (Å²) in [6.07, 6.45) is 3.94. The van der Waals surface area contributed by atoms with E-state index in [0.29, 0.717) is 17.8 Å². The van der Waals surface area contributed by atoms with Crippen molar-refractivity contribution in [1.82, 2.24) is 4.90 Å². The number of hydrogen-bond donors (Lipinski definition) is 3. The van der Waals surface area contributed by atoms with Gasteiger partial charge in [-0.3, -0.25) is 4.79 Å². The molecule has 2 atom stereocenters. The number of nitrogens with two attached hydrogens (primary N) is 1. The number of amides is 1. The summed E-state index contributed by atoms with van der Waals surface area (Å²) in [5, 5.41) is 13.3. The van der Waals surface area contributed by atoms with Gasteiger partial charge in [0.05, 0.1) is 17.5 Å². The van der Waals surface area contributed by atoms with E-state index in [-0.39, 0.29) is 17.9 Å². The quantitative estimate of drug-likeness (QED) is 0.741. The fraction of sp³-hybridized carbons (Fsp3) is 0.562. The molecule has 1 aromatic carbocycles. The highest BCUT2D eigenvalue weighted by Gasteiger charge is 2.22. The third kappa shape index (κ3) is 3.88. The van der Waals surface area contributed by atoms with Crippen LogP contribution in [0.4, 0.5) is 11.4 Å². The number of nitrogens with one attached hydrogen (secondary N) is 1. The van der Waals surface area contributed by atoms with Crippen molar-refractivity contribution in [2.45, 2.75) is 31.8 Å². The number of carbonyl (C=O) groups is 1. The van der Waals surface area contributed by atoms with Gasteiger partial charge in [0.2, 0.25) is 0 Å². The lowest BCUT2D eigenvalue weighted by atomic mass is 9.86. The van der Waals surface area contributed by atoms with E-state index in [1.165, 1.54) is 0 Å². The smallest absolute Gasteiger partial charge is 0.253 e. The van der Waals surface area contributed by atoms with E-state index in [4.69, 9.17) is 5.73 Å².